The Morgan fingerprint density at radius 2 is 2.00 bits per heavy atom. The molecule has 1 fully saturated rings. The smallest absolute Gasteiger partial charge is 0.218 e. The number of benzene rings is 1. The number of rotatable bonds is 5. The lowest BCUT2D eigenvalue weighted by molar-refractivity contribution is 0.306. The first kappa shape index (κ1) is 21.0. The topological polar surface area (TPSA) is 89.4 Å². The van der Waals surface area contributed by atoms with Crippen molar-refractivity contribution < 1.29 is 13.2 Å². The van der Waals surface area contributed by atoms with Gasteiger partial charge in [0.05, 0.1) is 19.4 Å². The van der Waals surface area contributed by atoms with Crippen molar-refractivity contribution >= 4 is 22.4 Å². The summed E-state index contributed by atoms with van der Waals surface area (Å²) in [7, 11) is -1.76. The number of aromatic nitrogens is 3. The molecule has 1 N–H and O–H groups in total. The molecule has 1 saturated heterocycles. The van der Waals surface area contributed by atoms with E-state index in [1.54, 1.807) is 17.5 Å². The molecule has 0 radical (unpaired) electrons. The molecule has 0 aliphatic carbocycles. The van der Waals surface area contributed by atoms with E-state index in [9.17, 15) is 8.42 Å². The highest BCUT2D eigenvalue weighted by Crippen LogP contribution is 2.30. The van der Waals surface area contributed by atoms with Gasteiger partial charge in [0, 0.05) is 32.1 Å². The van der Waals surface area contributed by atoms with E-state index in [4.69, 9.17) is 4.74 Å². The van der Waals surface area contributed by atoms with Crippen molar-refractivity contribution in [3.63, 3.8) is 0 Å². The van der Waals surface area contributed by atoms with Crippen LogP contribution in [0.5, 0.6) is 5.75 Å². The predicted molar refractivity (Wildman–Crippen MR) is 108 cm³/mol. The summed E-state index contributed by atoms with van der Waals surface area (Å²) in [5.74, 6) is 2.93. The highest BCUT2D eigenvalue weighted by atomic mass is 35.5. The van der Waals surface area contributed by atoms with Crippen LogP contribution in [0.2, 0.25) is 0 Å². The molecule has 4 rings (SSSR count). The summed E-state index contributed by atoms with van der Waals surface area (Å²) >= 11 is 0. The van der Waals surface area contributed by atoms with E-state index in [0.29, 0.717) is 18.8 Å². The molecule has 154 valence electrons. The minimum absolute atomic E-state index is 0. The van der Waals surface area contributed by atoms with Gasteiger partial charge in [-0.15, -0.1) is 22.6 Å². The van der Waals surface area contributed by atoms with Gasteiger partial charge < -0.3 is 14.6 Å². The maximum Gasteiger partial charge on any atom is 0.218 e. The lowest BCUT2D eigenvalue weighted by Gasteiger charge is -2.31. The van der Waals surface area contributed by atoms with Gasteiger partial charge in [-0.1, -0.05) is 12.1 Å². The maximum absolute atomic E-state index is 12.8. The molecular weight excluding hydrogens is 402 g/mol. The molecule has 2 aliphatic rings. The van der Waals surface area contributed by atoms with Crippen LogP contribution >= 0.6 is 12.4 Å². The molecule has 1 aromatic carbocycles. The fourth-order valence-electron chi connectivity index (χ4n) is 3.87. The van der Waals surface area contributed by atoms with E-state index in [-0.39, 0.29) is 24.1 Å². The Kier molecular flexibility index (Phi) is 6.59. The van der Waals surface area contributed by atoms with Gasteiger partial charge in [0.2, 0.25) is 10.0 Å². The fraction of sp³-hybridized carbons (Fsp3) is 0.556. The number of hydrogen-bond acceptors (Lipinski definition) is 6. The Morgan fingerprint density at radius 1 is 1.21 bits per heavy atom. The number of fused-ring (bicyclic) bond motifs is 1. The molecule has 28 heavy (non-hydrogen) atoms. The zero-order valence-corrected chi connectivity index (χ0v) is 17.5. The van der Waals surface area contributed by atoms with Crippen LogP contribution in [0, 0.1) is 0 Å². The molecule has 2 aromatic rings. The number of hydrogen-bond donors (Lipinski definition) is 1. The summed E-state index contributed by atoms with van der Waals surface area (Å²) in [6, 6.07) is 7.24. The first-order valence-corrected chi connectivity index (χ1v) is 10.9. The van der Waals surface area contributed by atoms with Gasteiger partial charge in [0.1, 0.15) is 17.4 Å². The predicted octanol–water partition coefficient (Wildman–Crippen LogP) is 1.52. The van der Waals surface area contributed by atoms with Crippen LogP contribution in [-0.4, -0.2) is 54.2 Å². The van der Waals surface area contributed by atoms with Crippen molar-refractivity contribution in [1.29, 1.82) is 0 Å². The van der Waals surface area contributed by atoms with Crippen molar-refractivity contribution in [1.82, 2.24) is 24.4 Å². The first-order valence-electron chi connectivity index (χ1n) is 9.30. The maximum atomic E-state index is 12.8. The van der Waals surface area contributed by atoms with E-state index in [1.807, 2.05) is 18.2 Å². The zero-order valence-electron chi connectivity index (χ0n) is 15.9. The molecule has 2 aliphatic heterocycles. The van der Waals surface area contributed by atoms with E-state index in [2.05, 4.69) is 20.1 Å². The van der Waals surface area contributed by atoms with Crippen molar-refractivity contribution in [2.24, 2.45) is 0 Å². The molecule has 1 aromatic heterocycles. The molecular formula is C18H26ClN5O3S. The van der Waals surface area contributed by atoms with Crippen LogP contribution in [0.15, 0.2) is 24.3 Å². The SMILES string of the molecule is COc1cccc(CS(=O)(=O)N2CCC(c3nnc4n3CCNC4)CC2)c1.Cl. The summed E-state index contributed by atoms with van der Waals surface area (Å²) in [6.07, 6.45) is 1.56. The van der Waals surface area contributed by atoms with Crippen molar-refractivity contribution in [3.8, 4) is 5.75 Å². The number of nitrogens with one attached hydrogen (secondary N) is 1. The largest absolute Gasteiger partial charge is 0.497 e. The highest BCUT2D eigenvalue weighted by molar-refractivity contribution is 7.88. The van der Waals surface area contributed by atoms with Crippen LogP contribution in [0.1, 0.15) is 36.0 Å². The van der Waals surface area contributed by atoms with E-state index < -0.39 is 10.0 Å². The minimum Gasteiger partial charge on any atom is -0.497 e. The van der Waals surface area contributed by atoms with Gasteiger partial charge >= 0.3 is 0 Å². The Labute approximate surface area is 171 Å². The van der Waals surface area contributed by atoms with Gasteiger partial charge in [0.25, 0.3) is 0 Å². The third-order valence-corrected chi connectivity index (χ3v) is 7.20. The van der Waals surface area contributed by atoms with Gasteiger partial charge in [-0.2, -0.15) is 0 Å². The number of nitrogens with zero attached hydrogens (tertiary/aromatic N) is 4. The standard InChI is InChI=1S/C18H25N5O3S.ClH/c1-26-16-4-2-3-14(11-16)13-27(24,25)22-8-5-15(6-9-22)18-21-20-17-12-19-7-10-23(17)18;/h2-4,11,15,19H,5-10,12-13H2,1H3;1H. The minimum atomic E-state index is -3.35. The molecule has 0 spiro atoms. The second kappa shape index (κ2) is 8.77. The molecule has 0 bridgehead atoms. The van der Waals surface area contributed by atoms with Crippen LogP contribution in [0.25, 0.3) is 0 Å². The number of piperidine rings is 1. The summed E-state index contributed by atoms with van der Waals surface area (Å²) < 4.78 is 34.6. The van der Waals surface area contributed by atoms with Crippen molar-refractivity contribution in [2.45, 2.75) is 37.6 Å². The molecule has 0 saturated carbocycles. The van der Waals surface area contributed by atoms with Crippen LogP contribution in [0.4, 0.5) is 0 Å². The molecule has 8 nitrogen and oxygen atoms in total. The van der Waals surface area contributed by atoms with E-state index >= 15 is 0 Å². The van der Waals surface area contributed by atoms with Crippen molar-refractivity contribution in [3.05, 3.63) is 41.5 Å². The Bertz CT molecular complexity index is 910. The van der Waals surface area contributed by atoms with Gasteiger partial charge in [-0.3, -0.25) is 0 Å². The van der Waals surface area contributed by atoms with E-state index in [1.165, 1.54) is 0 Å². The quantitative estimate of drug-likeness (QED) is 0.778. The average Bonchev–Trinajstić information content (AvgIpc) is 3.12. The lowest BCUT2D eigenvalue weighted by Crippen LogP contribution is -2.39. The number of ether oxygens (including phenoxy) is 1. The highest BCUT2D eigenvalue weighted by Gasteiger charge is 2.31. The summed E-state index contributed by atoms with van der Waals surface area (Å²) in [4.78, 5) is 0. The number of methoxy groups -OCH3 is 1. The fourth-order valence-corrected chi connectivity index (χ4v) is 5.42. The van der Waals surface area contributed by atoms with Crippen LogP contribution in [0.3, 0.4) is 0 Å². The Balaban J connectivity index is 0.00000225. The summed E-state index contributed by atoms with van der Waals surface area (Å²) in [5.41, 5.74) is 0.746. The molecule has 0 amide bonds. The number of sulfonamides is 1. The van der Waals surface area contributed by atoms with Crippen LogP contribution < -0.4 is 10.1 Å². The first-order chi connectivity index (χ1) is 13.1. The van der Waals surface area contributed by atoms with Gasteiger partial charge in [0.15, 0.2) is 0 Å². The summed E-state index contributed by atoms with van der Waals surface area (Å²) in [6.45, 7) is 3.60. The normalized spacial score (nSPS) is 18.3. The van der Waals surface area contributed by atoms with Gasteiger partial charge in [-0.05, 0) is 30.5 Å². The van der Waals surface area contributed by atoms with Crippen molar-refractivity contribution in [2.75, 3.05) is 26.7 Å². The van der Waals surface area contributed by atoms with Gasteiger partial charge in [-0.25, -0.2) is 12.7 Å². The molecule has 0 unspecified atom stereocenters. The number of halogens is 1. The second-order valence-electron chi connectivity index (χ2n) is 7.08. The summed E-state index contributed by atoms with van der Waals surface area (Å²) in [5, 5.41) is 12.0. The lowest BCUT2D eigenvalue weighted by atomic mass is 9.97. The van der Waals surface area contributed by atoms with E-state index in [0.717, 1.165) is 49.7 Å². The monoisotopic (exact) mass is 427 g/mol. The molecule has 3 heterocycles. The zero-order chi connectivity index (χ0) is 18.9. The Hall–Kier alpha value is -1.68. The Morgan fingerprint density at radius 3 is 2.75 bits per heavy atom. The molecule has 0 atom stereocenters. The second-order valence-corrected chi connectivity index (χ2v) is 9.05. The average molecular weight is 428 g/mol. The third kappa shape index (κ3) is 4.32. The van der Waals surface area contributed by atoms with Crippen LogP contribution in [-0.2, 0) is 28.9 Å². The third-order valence-electron chi connectivity index (χ3n) is 5.35. The molecule has 10 heteroatoms.